The van der Waals surface area contributed by atoms with Crippen LogP contribution in [-0.4, -0.2) is 63.9 Å². The maximum Gasteiger partial charge on any atom is 0.252 e. The first kappa shape index (κ1) is 18.2. The van der Waals surface area contributed by atoms with Crippen LogP contribution in [-0.2, 0) is 10.0 Å². The maximum atomic E-state index is 12.7. The third-order valence-electron chi connectivity index (χ3n) is 4.85. The molecule has 1 saturated heterocycles. The van der Waals surface area contributed by atoms with E-state index in [-0.39, 0.29) is 0 Å². The molecule has 5 rings (SSSR count). The second kappa shape index (κ2) is 7.17. The number of anilines is 1. The van der Waals surface area contributed by atoms with Crippen LogP contribution in [0.2, 0.25) is 0 Å². The molecule has 0 saturated carbocycles. The predicted molar refractivity (Wildman–Crippen MR) is 110 cm³/mol. The molecule has 1 aliphatic rings. The van der Waals surface area contributed by atoms with E-state index in [4.69, 9.17) is 0 Å². The van der Waals surface area contributed by atoms with Crippen molar-refractivity contribution in [1.82, 2.24) is 29.3 Å². The minimum atomic E-state index is -3.44. The largest absolute Gasteiger partial charge is 0.352 e. The number of para-hydroxylation sites is 1. The summed E-state index contributed by atoms with van der Waals surface area (Å²) < 4.78 is 29.0. The summed E-state index contributed by atoms with van der Waals surface area (Å²) in [6.07, 6.45) is 1.50. The summed E-state index contributed by atoms with van der Waals surface area (Å²) in [6, 6.07) is 13.1. The van der Waals surface area contributed by atoms with Gasteiger partial charge in [0.25, 0.3) is 10.0 Å². The molecular weight excluding hydrogens is 410 g/mol. The molecule has 1 aromatic carbocycles. The molecule has 0 bridgehead atoms. The van der Waals surface area contributed by atoms with Crippen LogP contribution in [0.1, 0.15) is 0 Å². The van der Waals surface area contributed by atoms with Crippen molar-refractivity contribution in [3.05, 3.63) is 54.2 Å². The van der Waals surface area contributed by atoms with Gasteiger partial charge in [0.05, 0.1) is 5.69 Å². The number of sulfonamides is 1. The van der Waals surface area contributed by atoms with Gasteiger partial charge in [0, 0.05) is 26.2 Å². The summed E-state index contributed by atoms with van der Waals surface area (Å²) in [5.41, 5.74) is 2.09. The summed E-state index contributed by atoms with van der Waals surface area (Å²) in [5.74, 6) is 0.672. The van der Waals surface area contributed by atoms with Gasteiger partial charge in [-0.2, -0.15) is 8.99 Å². The van der Waals surface area contributed by atoms with Crippen molar-refractivity contribution < 1.29 is 8.42 Å². The predicted octanol–water partition coefficient (Wildman–Crippen LogP) is 1.78. The van der Waals surface area contributed by atoms with Crippen molar-refractivity contribution in [3.63, 3.8) is 0 Å². The number of nitrogens with zero attached hydrogens (tertiary/aromatic N) is 7. The van der Waals surface area contributed by atoms with E-state index < -0.39 is 10.0 Å². The van der Waals surface area contributed by atoms with Gasteiger partial charge < -0.3 is 4.90 Å². The van der Waals surface area contributed by atoms with Gasteiger partial charge in [-0.1, -0.05) is 29.5 Å². The molecule has 4 aromatic rings. The first-order valence-corrected chi connectivity index (χ1v) is 11.4. The third-order valence-corrected chi connectivity index (χ3v) is 8.12. The van der Waals surface area contributed by atoms with Crippen molar-refractivity contribution in [2.24, 2.45) is 0 Å². The van der Waals surface area contributed by atoms with Gasteiger partial charge in [-0.25, -0.2) is 18.4 Å². The molecular formula is C18H17N7O2S2. The third kappa shape index (κ3) is 3.16. The minimum absolute atomic E-state index is 0.376. The molecule has 9 nitrogen and oxygen atoms in total. The highest BCUT2D eigenvalue weighted by atomic mass is 32.2. The van der Waals surface area contributed by atoms with Crippen molar-refractivity contribution in [2.75, 3.05) is 31.1 Å². The molecule has 0 aliphatic carbocycles. The number of fused-ring (bicyclic) bond motifs is 1. The van der Waals surface area contributed by atoms with E-state index >= 15 is 0 Å². The zero-order valence-corrected chi connectivity index (χ0v) is 16.9. The van der Waals surface area contributed by atoms with Gasteiger partial charge in [0.2, 0.25) is 0 Å². The Balaban J connectivity index is 1.41. The number of thiophene rings is 1. The molecule has 1 aliphatic heterocycles. The molecule has 3 aromatic heterocycles. The van der Waals surface area contributed by atoms with E-state index in [2.05, 4.69) is 20.3 Å². The zero-order valence-electron chi connectivity index (χ0n) is 15.3. The molecule has 29 heavy (non-hydrogen) atoms. The molecule has 148 valence electrons. The van der Waals surface area contributed by atoms with Crippen molar-refractivity contribution in [1.29, 1.82) is 0 Å². The van der Waals surface area contributed by atoms with Crippen molar-refractivity contribution in [2.45, 2.75) is 4.21 Å². The fourth-order valence-electron chi connectivity index (χ4n) is 3.39. The highest BCUT2D eigenvalue weighted by Crippen LogP contribution is 2.26. The molecule has 4 heterocycles. The Morgan fingerprint density at radius 3 is 2.45 bits per heavy atom. The Bertz CT molecular complexity index is 1230. The fraction of sp³-hybridized carbons (Fsp3) is 0.222. The number of hydrogen-bond donors (Lipinski definition) is 0. The monoisotopic (exact) mass is 427 g/mol. The molecule has 1 fully saturated rings. The van der Waals surface area contributed by atoms with E-state index in [0.717, 1.165) is 5.69 Å². The van der Waals surface area contributed by atoms with Gasteiger partial charge in [-0.3, -0.25) is 0 Å². The highest BCUT2D eigenvalue weighted by molar-refractivity contribution is 7.91. The molecule has 0 spiro atoms. The summed E-state index contributed by atoms with van der Waals surface area (Å²) >= 11 is 1.24. The first-order valence-electron chi connectivity index (χ1n) is 9.05. The summed E-state index contributed by atoms with van der Waals surface area (Å²) in [7, 11) is -3.44. The molecule has 0 amide bonds. The molecule has 0 N–H and O–H groups in total. The maximum absolute atomic E-state index is 12.7. The van der Waals surface area contributed by atoms with E-state index in [0.29, 0.717) is 47.4 Å². The second-order valence-corrected chi connectivity index (χ2v) is 9.64. The fourth-order valence-corrected chi connectivity index (χ4v) is 5.96. The topological polar surface area (TPSA) is 97.1 Å². The SMILES string of the molecule is O=S(=O)(c1cccs1)N1CCN(c2ncnc3c2nnn3-c2ccccc2)CC1. The quantitative estimate of drug-likeness (QED) is 0.490. The number of piperazine rings is 1. The average molecular weight is 428 g/mol. The standard InChI is InChI=1S/C18H17N7O2S2/c26-29(27,15-7-4-12-28-15)24-10-8-23(9-11-24)17-16-18(20-13-19-17)25(22-21-16)14-5-2-1-3-6-14/h1-7,12-13H,8-11H2. The highest BCUT2D eigenvalue weighted by Gasteiger charge is 2.30. The van der Waals surface area contributed by atoms with Gasteiger partial charge in [-0.05, 0) is 23.6 Å². The van der Waals surface area contributed by atoms with E-state index in [1.807, 2.05) is 35.2 Å². The van der Waals surface area contributed by atoms with Crippen LogP contribution in [0.4, 0.5) is 5.82 Å². The zero-order chi connectivity index (χ0) is 19.8. The Hall–Kier alpha value is -2.89. The van der Waals surface area contributed by atoms with Gasteiger partial charge >= 0.3 is 0 Å². The van der Waals surface area contributed by atoms with Crippen LogP contribution >= 0.6 is 11.3 Å². The lowest BCUT2D eigenvalue weighted by Crippen LogP contribution is -2.48. The minimum Gasteiger partial charge on any atom is -0.352 e. The Kier molecular flexibility index (Phi) is 4.49. The molecule has 0 radical (unpaired) electrons. The van der Waals surface area contributed by atoms with E-state index in [1.54, 1.807) is 22.2 Å². The summed E-state index contributed by atoms with van der Waals surface area (Å²) in [4.78, 5) is 10.8. The van der Waals surface area contributed by atoms with Crippen LogP contribution in [0.25, 0.3) is 16.9 Å². The lowest BCUT2D eigenvalue weighted by atomic mass is 10.3. The normalized spacial score (nSPS) is 15.8. The summed E-state index contributed by atoms with van der Waals surface area (Å²) in [5, 5.41) is 10.3. The van der Waals surface area contributed by atoms with Crippen LogP contribution in [0.15, 0.2) is 58.4 Å². The summed E-state index contributed by atoms with van der Waals surface area (Å²) in [6.45, 7) is 1.82. The number of rotatable bonds is 4. The second-order valence-electron chi connectivity index (χ2n) is 6.53. The van der Waals surface area contributed by atoms with Crippen LogP contribution in [0, 0.1) is 0 Å². The van der Waals surface area contributed by atoms with Gasteiger partial charge in [0.15, 0.2) is 17.0 Å². The van der Waals surface area contributed by atoms with Crippen LogP contribution in [0.5, 0.6) is 0 Å². The van der Waals surface area contributed by atoms with Gasteiger partial charge in [0.1, 0.15) is 10.5 Å². The molecule has 0 unspecified atom stereocenters. The smallest absolute Gasteiger partial charge is 0.252 e. The number of benzene rings is 1. The lowest BCUT2D eigenvalue weighted by Gasteiger charge is -2.34. The number of hydrogen-bond acceptors (Lipinski definition) is 8. The van der Waals surface area contributed by atoms with E-state index in [9.17, 15) is 8.42 Å². The van der Waals surface area contributed by atoms with Crippen molar-refractivity contribution >= 4 is 38.3 Å². The number of aromatic nitrogens is 5. The van der Waals surface area contributed by atoms with E-state index in [1.165, 1.54) is 22.0 Å². The first-order chi connectivity index (χ1) is 14.1. The molecule has 11 heteroatoms. The van der Waals surface area contributed by atoms with Crippen molar-refractivity contribution in [3.8, 4) is 5.69 Å². The van der Waals surface area contributed by atoms with Gasteiger partial charge in [-0.15, -0.1) is 16.4 Å². The molecule has 0 atom stereocenters. The van der Waals surface area contributed by atoms with Crippen LogP contribution in [0.3, 0.4) is 0 Å². The average Bonchev–Trinajstić information content (AvgIpc) is 3.45. The Labute approximate surface area is 171 Å². The van der Waals surface area contributed by atoms with Crippen LogP contribution < -0.4 is 4.90 Å². The lowest BCUT2D eigenvalue weighted by molar-refractivity contribution is 0.385. The Morgan fingerprint density at radius 2 is 1.72 bits per heavy atom. The Morgan fingerprint density at radius 1 is 0.931 bits per heavy atom.